The highest BCUT2D eigenvalue weighted by atomic mass is 16.5. The van der Waals surface area contributed by atoms with Crippen LogP contribution in [0.2, 0.25) is 0 Å². The lowest BCUT2D eigenvalue weighted by molar-refractivity contribution is -0.0882. The van der Waals surface area contributed by atoms with Crippen LogP contribution in [0.15, 0.2) is 24.3 Å². The molecule has 4 rings (SSSR count). The molecule has 2 heterocycles. The van der Waals surface area contributed by atoms with E-state index in [0.29, 0.717) is 12.6 Å². The molecule has 3 fully saturated rings. The zero-order valence-corrected chi connectivity index (χ0v) is 16.4. The molecule has 1 N–H and O–H groups in total. The van der Waals surface area contributed by atoms with Gasteiger partial charge < -0.3 is 19.7 Å². The average molecular weight is 373 g/mol. The van der Waals surface area contributed by atoms with E-state index < -0.39 is 0 Å². The molecule has 0 radical (unpaired) electrons. The van der Waals surface area contributed by atoms with Crippen LogP contribution >= 0.6 is 0 Å². The van der Waals surface area contributed by atoms with Gasteiger partial charge in [-0.05, 0) is 32.4 Å². The van der Waals surface area contributed by atoms with Crippen molar-refractivity contribution in [3.05, 3.63) is 29.8 Å². The van der Waals surface area contributed by atoms with Gasteiger partial charge in [0.15, 0.2) is 0 Å². The molecule has 2 saturated heterocycles. The second-order valence-corrected chi connectivity index (χ2v) is 8.18. The summed E-state index contributed by atoms with van der Waals surface area (Å²) in [6.07, 6.45) is 4.56. The van der Waals surface area contributed by atoms with Gasteiger partial charge in [0.05, 0.1) is 25.9 Å². The third-order valence-corrected chi connectivity index (χ3v) is 6.72. The minimum Gasteiger partial charge on any atom is -0.496 e. The Kier molecular flexibility index (Phi) is 5.28. The molecule has 1 aromatic rings. The molecular formula is C21H31N3O3. The number of amides is 2. The van der Waals surface area contributed by atoms with Gasteiger partial charge in [0.25, 0.3) is 0 Å². The molecule has 1 aliphatic carbocycles. The molecule has 1 saturated carbocycles. The predicted molar refractivity (Wildman–Crippen MR) is 104 cm³/mol. The summed E-state index contributed by atoms with van der Waals surface area (Å²) < 4.78 is 11.5. The minimum atomic E-state index is 0.00528. The summed E-state index contributed by atoms with van der Waals surface area (Å²) >= 11 is 0. The molecule has 6 nitrogen and oxygen atoms in total. The summed E-state index contributed by atoms with van der Waals surface area (Å²) in [6.45, 7) is 3.92. The number of hydrogen-bond donors (Lipinski definition) is 1. The Morgan fingerprint density at radius 2 is 2.15 bits per heavy atom. The predicted octanol–water partition coefficient (Wildman–Crippen LogP) is 2.23. The maximum absolute atomic E-state index is 12.9. The Labute approximate surface area is 161 Å². The van der Waals surface area contributed by atoms with Gasteiger partial charge in [-0.2, -0.15) is 0 Å². The van der Waals surface area contributed by atoms with Crippen LogP contribution in [-0.2, 0) is 10.2 Å². The van der Waals surface area contributed by atoms with Crippen LogP contribution in [0.1, 0.15) is 31.2 Å². The third-order valence-electron chi connectivity index (χ3n) is 6.72. The Hall–Kier alpha value is -1.79. The number of para-hydroxylation sites is 1. The van der Waals surface area contributed by atoms with E-state index in [1.807, 2.05) is 17.0 Å². The van der Waals surface area contributed by atoms with Gasteiger partial charge in [-0.3, -0.25) is 4.90 Å². The minimum absolute atomic E-state index is 0.00528. The monoisotopic (exact) mass is 373 g/mol. The van der Waals surface area contributed by atoms with E-state index >= 15 is 0 Å². The van der Waals surface area contributed by atoms with Gasteiger partial charge in [-0.1, -0.05) is 24.6 Å². The molecule has 27 heavy (non-hydrogen) atoms. The molecule has 3 aliphatic rings. The fourth-order valence-corrected chi connectivity index (χ4v) is 4.81. The van der Waals surface area contributed by atoms with Crippen molar-refractivity contribution in [2.24, 2.45) is 0 Å². The van der Waals surface area contributed by atoms with Crippen molar-refractivity contribution in [2.45, 2.75) is 43.2 Å². The summed E-state index contributed by atoms with van der Waals surface area (Å²) in [7, 11) is 3.85. The van der Waals surface area contributed by atoms with Crippen molar-refractivity contribution in [2.75, 3.05) is 46.9 Å². The van der Waals surface area contributed by atoms with E-state index in [-0.39, 0.29) is 17.6 Å². The standard InChI is InChI=1S/C21H31N3O3/c1-23-12-13-27-19-8-11-24(14-17(19)23)20(25)22-15-21(9-5-10-21)16-6-3-4-7-18(16)26-2/h3-4,6-7,17,19H,5,8-15H2,1-2H3,(H,22,25). The molecule has 0 aromatic heterocycles. The summed E-state index contributed by atoms with van der Waals surface area (Å²) in [5.74, 6) is 0.924. The molecule has 2 atom stereocenters. The number of ether oxygens (including phenoxy) is 2. The number of fused-ring (bicyclic) bond motifs is 1. The molecule has 0 bridgehead atoms. The topological polar surface area (TPSA) is 54.0 Å². The van der Waals surface area contributed by atoms with E-state index in [0.717, 1.165) is 51.3 Å². The quantitative estimate of drug-likeness (QED) is 0.879. The summed E-state index contributed by atoms with van der Waals surface area (Å²) in [4.78, 5) is 17.2. The van der Waals surface area contributed by atoms with Crippen molar-refractivity contribution < 1.29 is 14.3 Å². The maximum atomic E-state index is 12.9. The van der Waals surface area contributed by atoms with Crippen molar-refractivity contribution in [3.63, 3.8) is 0 Å². The van der Waals surface area contributed by atoms with E-state index in [1.165, 1.54) is 12.0 Å². The SMILES string of the molecule is COc1ccccc1C1(CNC(=O)N2CCC3OCCN(C)C3C2)CCC1. The molecule has 2 aliphatic heterocycles. The number of nitrogens with zero attached hydrogens (tertiary/aromatic N) is 2. The van der Waals surface area contributed by atoms with Crippen LogP contribution in [0.5, 0.6) is 5.75 Å². The summed E-state index contributed by atoms with van der Waals surface area (Å²) in [5.41, 5.74) is 1.23. The number of hydrogen-bond acceptors (Lipinski definition) is 4. The van der Waals surface area contributed by atoms with E-state index in [1.54, 1.807) is 7.11 Å². The first-order chi connectivity index (χ1) is 13.1. The van der Waals surface area contributed by atoms with Gasteiger partial charge in [0.1, 0.15) is 5.75 Å². The highest BCUT2D eigenvalue weighted by Crippen LogP contribution is 2.46. The first-order valence-electron chi connectivity index (χ1n) is 10.1. The normalized spacial score (nSPS) is 27.4. The lowest BCUT2D eigenvalue weighted by atomic mass is 9.64. The second kappa shape index (κ2) is 7.68. The van der Waals surface area contributed by atoms with Crippen molar-refractivity contribution in [3.8, 4) is 5.75 Å². The summed E-state index contributed by atoms with van der Waals surface area (Å²) in [5, 5.41) is 3.23. The van der Waals surface area contributed by atoms with Crippen LogP contribution in [0.25, 0.3) is 0 Å². The number of urea groups is 1. The number of carbonyl (C=O) groups is 1. The number of likely N-dealkylation sites (tertiary alicyclic amines) is 1. The van der Waals surface area contributed by atoms with Crippen LogP contribution in [0.4, 0.5) is 4.79 Å². The number of methoxy groups -OCH3 is 1. The zero-order valence-electron chi connectivity index (χ0n) is 16.4. The van der Waals surface area contributed by atoms with Crippen molar-refractivity contribution >= 4 is 6.03 Å². The Morgan fingerprint density at radius 1 is 1.33 bits per heavy atom. The zero-order chi connectivity index (χ0) is 18.9. The second-order valence-electron chi connectivity index (χ2n) is 8.18. The first-order valence-corrected chi connectivity index (χ1v) is 10.1. The van der Waals surface area contributed by atoms with Gasteiger partial charge in [0.2, 0.25) is 0 Å². The highest BCUT2D eigenvalue weighted by Gasteiger charge is 2.42. The lowest BCUT2D eigenvalue weighted by Crippen LogP contribution is -2.61. The lowest BCUT2D eigenvalue weighted by Gasteiger charge is -2.46. The van der Waals surface area contributed by atoms with E-state index in [9.17, 15) is 4.79 Å². The number of carbonyl (C=O) groups excluding carboxylic acids is 1. The fraction of sp³-hybridized carbons (Fsp3) is 0.667. The number of rotatable bonds is 4. The van der Waals surface area contributed by atoms with Crippen LogP contribution < -0.4 is 10.1 Å². The van der Waals surface area contributed by atoms with Gasteiger partial charge in [0, 0.05) is 37.2 Å². The van der Waals surface area contributed by atoms with Gasteiger partial charge in [-0.25, -0.2) is 4.79 Å². The molecular weight excluding hydrogens is 342 g/mol. The molecule has 2 unspecified atom stereocenters. The summed E-state index contributed by atoms with van der Waals surface area (Å²) in [6, 6.07) is 8.58. The van der Waals surface area contributed by atoms with Crippen LogP contribution in [0, 0.1) is 0 Å². The van der Waals surface area contributed by atoms with Crippen molar-refractivity contribution in [1.29, 1.82) is 0 Å². The molecule has 6 heteroatoms. The third kappa shape index (κ3) is 3.52. The number of morpholine rings is 1. The molecule has 0 spiro atoms. The number of nitrogens with one attached hydrogen (secondary N) is 1. The maximum Gasteiger partial charge on any atom is 0.317 e. The van der Waals surface area contributed by atoms with E-state index in [2.05, 4.69) is 29.4 Å². The number of benzene rings is 1. The largest absolute Gasteiger partial charge is 0.496 e. The van der Waals surface area contributed by atoms with Crippen LogP contribution in [-0.4, -0.2) is 74.9 Å². The number of likely N-dealkylation sites (N-methyl/N-ethyl adjacent to an activating group) is 1. The Bertz CT molecular complexity index is 676. The first kappa shape index (κ1) is 18.6. The van der Waals surface area contributed by atoms with E-state index in [4.69, 9.17) is 9.47 Å². The van der Waals surface area contributed by atoms with Gasteiger partial charge >= 0.3 is 6.03 Å². The highest BCUT2D eigenvalue weighted by molar-refractivity contribution is 5.74. The Balaban J connectivity index is 1.40. The van der Waals surface area contributed by atoms with Gasteiger partial charge in [-0.15, -0.1) is 0 Å². The van der Waals surface area contributed by atoms with Crippen LogP contribution in [0.3, 0.4) is 0 Å². The average Bonchev–Trinajstić information content (AvgIpc) is 2.67. The molecule has 148 valence electrons. The van der Waals surface area contributed by atoms with Crippen molar-refractivity contribution in [1.82, 2.24) is 15.1 Å². The number of piperidine rings is 1. The smallest absolute Gasteiger partial charge is 0.317 e. The fourth-order valence-electron chi connectivity index (χ4n) is 4.81. The molecule has 1 aromatic carbocycles. The Morgan fingerprint density at radius 3 is 2.89 bits per heavy atom. The molecule has 2 amide bonds.